The van der Waals surface area contributed by atoms with E-state index in [-0.39, 0.29) is 10.6 Å². The zero-order valence-electron chi connectivity index (χ0n) is 13.5. The van der Waals surface area contributed by atoms with Gasteiger partial charge in [-0.2, -0.15) is 0 Å². The van der Waals surface area contributed by atoms with Crippen molar-refractivity contribution in [1.29, 1.82) is 0 Å². The number of fused-ring (bicyclic) bond motifs is 1. The Kier molecular flexibility index (Phi) is 5.80. The maximum Gasteiger partial charge on any atom is 0.341 e. The quantitative estimate of drug-likeness (QED) is 0.651. The van der Waals surface area contributed by atoms with E-state index < -0.39 is 24.3 Å². The number of nitrogens with zero attached hydrogens (tertiary/aromatic N) is 1. The van der Waals surface area contributed by atoms with Crippen molar-refractivity contribution in [3.8, 4) is 0 Å². The van der Waals surface area contributed by atoms with Crippen LogP contribution in [0.1, 0.15) is 15.4 Å². The van der Waals surface area contributed by atoms with Crippen LogP contribution < -0.4 is 5.32 Å². The van der Waals surface area contributed by atoms with E-state index in [1.807, 2.05) is 24.3 Å². The van der Waals surface area contributed by atoms with Crippen molar-refractivity contribution in [3.05, 3.63) is 63.9 Å². The van der Waals surface area contributed by atoms with Gasteiger partial charge in [0.15, 0.2) is 6.61 Å². The summed E-state index contributed by atoms with van der Waals surface area (Å²) in [5, 5.41) is 3.72. The molecule has 0 aliphatic heterocycles. The largest absolute Gasteiger partial charge is 0.452 e. The van der Waals surface area contributed by atoms with Gasteiger partial charge in [-0.15, -0.1) is 11.3 Å². The van der Waals surface area contributed by atoms with E-state index in [1.54, 1.807) is 11.3 Å². The number of benzene rings is 2. The van der Waals surface area contributed by atoms with E-state index in [1.165, 1.54) is 12.1 Å². The van der Waals surface area contributed by atoms with Crippen LogP contribution in [0.3, 0.4) is 0 Å². The second-order valence-corrected chi connectivity index (χ2v) is 6.93. The van der Waals surface area contributed by atoms with Gasteiger partial charge in [0, 0.05) is 18.0 Å². The summed E-state index contributed by atoms with van der Waals surface area (Å²) in [7, 11) is 0. The van der Waals surface area contributed by atoms with Crippen molar-refractivity contribution < 1.29 is 18.7 Å². The number of para-hydroxylation sites is 1. The number of hydrogen-bond donors (Lipinski definition) is 1. The molecule has 0 aliphatic carbocycles. The minimum absolute atomic E-state index is 0.173. The van der Waals surface area contributed by atoms with Crippen LogP contribution in [0.2, 0.25) is 5.02 Å². The van der Waals surface area contributed by atoms with Gasteiger partial charge in [-0.05, 0) is 30.3 Å². The standard InChI is InChI=1S/C18H14ClFN2O3S/c19-11-5-6-12(13(20)9-11)18(24)25-10-16(23)21-8-7-17-22-14-3-1-2-4-15(14)26-17/h1-6,9H,7-8,10H2,(H,21,23). The minimum atomic E-state index is -0.916. The summed E-state index contributed by atoms with van der Waals surface area (Å²) in [6.45, 7) is -0.119. The molecular weight excluding hydrogens is 379 g/mol. The van der Waals surface area contributed by atoms with Gasteiger partial charge in [0.25, 0.3) is 5.91 Å². The first-order valence-electron chi connectivity index (χ1n) is 7.76. The highest BCUT2D eigenvalue weighted by atomic mass is 35.5. The third-order valence-electron chi connectivity index (χ3n) is 3.48. The number of ether oxygens (including phenoxy) is 1. The molecule has 1 heterocycles. The van der Waals surface area contributed by atoms with Gasteiger partial charge in [-0.25, -0.2) is 14.2 Å². The monoisotopic (exact) mass is 392 g/mol. The number of nitrogens with one attached hydrogen (secondary N) is 1. The Balaban J connectivity index is 1.44. The maximum absolute atomic E-state index is 13.6. The Labute approximate surface area is 157 Å². The number of thiazole rings is 1. The summed E-state index contributed by atoms with van der Waals surface area (Å²) in [5.74, 6) is -2.17. The van der Waals surface area contributed by atoms with Gasteiger partial charge in [-0.3, -0.25) is 4.79 Å². The molecular formula is C18H14ClFN2O3S. The molecule has 0 saturated heterocycles. The first kappa shape index (κ1) is 18.3. The molecule has 1 N–H and O–H groups in total. The summed E-state index contributed by atoms with van der Waals surface area (Å²) < 4.78 is 19.5. The predicted molar refractivity (Wildman–Crippen MR) is 98.0 cm³/mol. The Hall–Kier alpha value is -2.51. The summed E-state index contributed by atoms with van der Waals surface area (Å²) in [4.78, 5) is 28.0. The summed E-state index contributed by atoms with van der Waals surface area (Å²) in [6.07, 6.45) is 0.574. The van der Waals surface area contributed by atoms with Crippen molar-refractivity contribution in [3.63, 3.8) is 0 Å². The van der Waals surface area contributed by atoms with E-state index in [0.717, 1.165) is 21.3 Å². The number of amides is 1. The second kappa shape index (κ2) is 8.25. The lowest BCUT2D eigenvalue weighted by molar-refractivity contribution is -0.124. The Bertz CT molecular complexity index is 928. The second-order valence-electron chi connectivity index (χ2n) is 5.38. The van der Waals surface area contributed by atoms with E-state index in [2.05, 4.69) is 10.3 Å². The number of rotatable bonds is 6. The van der Waals surface area contributed by atoms with Gasteiger partial charge < -0.3 is 10.1 Å². The smallest absolute Gasteiger partial charge is 0.341 e. The molecule has 5 nitrogen and oxygen atoms in total. The first-order chi connectivity index (χ1) is 12.5. The van der Waals surface area contributed by atoms with Crippen LogP contribution in [-0.4, -0.2) is 30.0 Å². The van der Waals surface area contributed by atoms with Gasteiger partial charge >= 0.3 is 5.97 Å². The zero-order valence-corrected chi connectivity index (χ0v) is 15.1. The van der Waals surface area contributed by atoms with Crippen LogP contribution in [0, 0.1) is 5.82 Å². The highest BCUT2D eigenvalue weighted by Crippen LogP contribution is 2.21. The lowest BCUT2D eigenvalue weighted by Gasteiger charge is -2.06. The molecule has 1 aromatic heterocycles. The average Bonchev–Trinajstić information content (AvgIpc) is 3.02. The van der Waals surface area contributed by atoms with Crippen LogP contribution in [0.15, 0.2) is 42.5 Å². The van der Waals surface area contributed by atoms with Crippen LogP contribution in [0.25, 0.3) is 10.2 Å². The third-order valence-corrected chi connectivity index (χ3v) is 4.82. The molecule has 26 heavy (non-hydrogen) atoms. The number of aromatic nitrogens is 1. The molecule has 0 aliphatic rings. The molecule has 0 fully saturated rings. The molecule has 2 aromatic carbocycles. The fraction of sp³-hybridized carbons (Fsp3) is 0.167. The molecule has 1 amide bonds. The number of carbonyl (C=O) groups is 2. The number of halogens is 2. The van der Waals surface area contributed by atoms with Crippen LogP contribution in [-0.2, 0) is 16.0 Å². The number of esters is 1. The van der Waals surface area contributed by atoms with Crippen molar-refractivity contribution in [2.75, 3.05) is 13.2 Å². The Morgan fingerprint density at radius 3 is 2.81 bits per heavy atom. The molecule has 0 saturated carbocycles. The first-order valence-corrected chi connectivity index (χ1v) is 8.95. The van der Waals surface area contributed by atoms with Crippen molar-refractivity contribution >= 4 is 45.0 Å². The van der Waals surface area contributed by atoms with Gasteiger partial charge in [0.05, 0.1) is 20.8 Å². The topological polar surface area (TPSA) is 68.3 Å². The van der Waals surface area contributed by atoms with Gasteiger partial charge in [-0.1, -0.05) is 23.7 Å². The highest BCUT2D eigenvalue weighted by Gasteiger charge is 2.15. The van der Waals surface area contributed by atoms with Crippen LogP contribution in [0.4, 0.5) is 4.39 Å². The minimum Gasteiger partial charge on any atom is -0.452 e. The summed E-state index contributed by atoms with van der Waals surface area (Å²) in [6, 6.07) is 11.4. The SMILES string of the molecule is O=C(COC(=O)c1ccc(Cl)cc1F)NCCc1nc2ccccc2s1. The van der Waals surface area contributed by atoms with Crippen LogP contribution in [0.5, 0.6) is 0 Å². The number of carbonyl (C=O) groups excluding carboxylic acids is 2. The van der Waals surface area contributed by atoms with Gasteiger partial charge in [0.1, 0.15) is 5.82 Å². The average molecular weight is 393 g/mol. The van der Waals surface area contributed by atoms with E-state index >= 15 is 0 Å². The van der Waals surface area contributed by atoms with Crippen LogP contribution >= 0.6 is 22.9 Å². The van der Waals surface area contributed by atoms with E-state index in [0.29, 0.717) is 13.0 Å². The molecule has 0 atom stereocenters. The maximum atomic E-state index is 13.6. The normalized spacial score (nSPS) is 10.7. The Morgan fingerprint density at radius 1 is 1.23 bits per heavy atom. The molecule has 0 bridgehead atoms. The third kappa shape index (κ3) is 4.56. The zero-order chi connectivity index (χ0) is 18.5. The fourth-order valence-corrected chi connectivity index (χ4v) is 3.38. The Morgan fingerprint density at radius 2 is 2.04 bits per heavy atom. The summed E-state index contributed by atoms with van der Waals surface area (Å²) in [5.41, 5.74) is 0.662. The van der Waals surface area contributed by atoms with Crippen molar-refractivity contribution in [2.24, 2.45) is 0 Å². The van der Waals surface area contributed by atoms with E-state index in [9.17, 15) is 14.0 Å². The van der Waals surface area contributed by atoms with Crippen molar-refractivity contribution in [1.82, 2.24) is 10.3 Å². The summed E-state index contributed by atoms with van der Waals surface area (Å²) >= 11 is 7.19. The lowest BCUT2D eigenvalue weighted by Crippen LogP contribution is -2.30. The predicted octanol–water partition coefficient (Wildman–Crippen LogP) is 3.60. The van der Waals surface area contributed by atoms with E-state index in [4.69, 9.17) is 16.3 Å². The molecule has 0 radical (unpaired) electrons. The van der Waals surface area contributed by atoms with Crippen molar-refractivity contribution in [2.45, 2.75) is 6.42 Å². The highest BCUT2D eigenvalue weighted by molar-refractivity contribution is 7.18. The van der Waals surface area contributed by atoms with Gasteiger partial charge in [0.2, 0.25) is 0 Å². The number of hydrogen-bond acceptors (Lipinski definition) is 5. The molecule has 3 aromatic rings. The molecule has 0 unspecified atom stereocenters. The lowest BCUT2D eigenvalue weighted by atomic mass is 10.2. The molecule has 8 heteroatoms. The molecule has 134 valence electrons. The fourth-order valence-electron chi connectivity index (χ4n) is 2.25. The molecule has 3 rings (SSSR count). The molecule has 0 spiro atoms.